The SMILES string of the molecule is C=CCOC[C@@H]1CC[C@H]2[C@H]1OCCN2C(=O)CNC(C)=O. The molecule has 2 fully saturated rings. The van der Waals surface area contributed by atoms with Crippen molar-refractivity contribution in [1.29, 1.82) is 0 Å². The number of carbonyl (C=O) groups is 2. The number of carbonyl (C=O) groups excluding carboxylic acids is 2. The lowest BCUT2D eigenvalue weighted by molar-refractivity contribution is -0.147. The summed E-state index contributed by atoms with van der Waals surface area (Å²) in [5, 5.41) is 2.57. The molecule has 0 unspecified atom stereocenters. The van der Waals surface area contributed by atoms with Gasteiger partial charge < -0.3 is 19.7 Å². The molecular formula is C15H24N2O4. The predicted molar refractivity (Wildman–Crippen MR) is 77.7 cm³/mol. The van der Waals surface area contributed by atoms with Gasteiger partial charge in [-0.3, -0.25) is 9.59 Å². The third-order valence-electron chi connectivity index (χ3n) is 4.10. The summed E-state index contributed by atoms with van der Waals surface area (Å²) in [5.74, 6) is 0.109. The summed E-state index contributed by atoms with van der Waals surface area (Å²) in [6, 6.07) is 0.109. The summed E-state index contributed by atoms with van der Waals surface area (Å²) in [6.45, 7) is 7.44. The molecule has 0 spiro atoms. The number of hydrogen-bond donors (Lipinski definition) is 1. The van der Waals surface area contributed by atoms with E-state index in [9.17, 15) is 9.59 Å². The van der Waals surface area contributed by atoms with Crippen molar-refractivity contribution < 1.29 is 19.1 Å². The van der Waals surface area contributed by atoms with Crippen LogP contribution in [0.5, 0.6) is 0 Å². The quantitative estimate of drug-likeness (QED) is 0.566. The van der Waals surface area contributed by atoms with Gasteiger partial charge in [0.2, 0.25) is 11.8 Å². The first-order chi connectivity index (χ1) is 10.1. The lowest BCUT2D eigenvalue weighted by atomic mass is 10.0. The number of morpholine rings is 1. The number of rotatable bonds is 6. The van der Waals surface area contributed by atoms with Crippen molar-refractivity contribution in [3.63, 3.8) is 0 Å². The second kappa shape index (κ2) is 7.56. The predicted octanol–water partition coefficient (Wildman–Crippen LogP) is 0.331. The van der Waals surface area contributed by atoms with Crippen LogP contribution in [0.25, 0.3) is 0 Å². The van der Waals surface area contributed by atoms with Gasteiger partial charge in [0.05, 0.1) is 38.5 Å². The average Bonchev–Trinajstić information content (AvgIpc) is 2.88. The monoisotopic (exact) mass is 296 g/mol. The van der Waals surface area contributed by atoms with Gasteiger partial charge in [0, 0.05) is 19.4 Å². The van der Waals surface area contributed by atoms with Crippen molar-refractivity contribution in [1.82, 2.24) is 10.2 Å². The summed E-state index contributed by atoms with van der Waals surface area (Å²) in [5.41, 5.74) is 0. The molecule has 0 aromatic carbocycles. The van der Waals surface area contributed by atoms with Gasteiger partial charge in [0.25, 0.3) is 0 Å². The van der Waals surface area contributed by atoms with E-state index in [1.54, 1.807) is 6.08 Å². The van der Waals surface area contributed by atoms with Gasteiger partial charge in [0.1, 0.15) is 0 Å². The van der Waals surface area contributed by atoms with Crippen LogP contribution in [0.4, 0.5) is 0 Å². The largest absolute Gasteiger partial charge is 0.377 e. The molecule has 1 saturated carbocycles. The molecule has 1 aliphatic carbocycles. The zero-order valence-corrected chi connectivity index (χ0v) is 12.5. The van der Waals surface area contributed by atoms with Crippen LogP contribution >= 0.6 is 0 Å². The van der Waals surface area contributed by atoms with Crippen LogP contribution in [-0.4, -0.2) is 61.8 Å². The third-order valence-corrected chi connectivity index (χ3v) is 4.10. The number of ether oxygens (including phenoxy) is 2. The molecule has 1 aliphatic heterocycles. The number of nitrogens with one attached hydrogen (secondary N) is 1. The van der Waals surface area contributed by atoms with Crippen LogP contribution in [0.2, 0.25) is 0 Å². The van der Waals surface area contributed by atoms with E-state index < -0.39 is 0 Å². The Morgan fingerprint density at radius 3 is 3.00 bits per heavy atom. The maximum Gasteiger partial charge on any atom is 0.242 e. The number of fused-ring (bicyclic) bond motifs is 1. The first-order valence-electron chi connectivity index (χ1n) is 7.47. The molecule has 6 heteroatoms. The van der Waals surface area contributed by atoms with E-state index in [2.05, 4.69) is 11.9 Å². The van der Waals surface area contributed by atoms with Crippen LogP contribution in [-0.2, 0) is 19.1 Å². The van der Waals surface area contributed by atoms with Crippen molar-refractivity contribution in [2.75, 3.05) is 32.9 Å². The molecule has 1 saturated heterocycles. The number of amides is 2. The molecule has 0 aromatic heterocycles. The van der Waals surface area contributed by atoms with E-state index in [-0.39, 0.29) is 30.5 Å². The molecule has 1 N–H and O–H groups in total. The molecule has 118 valence electrons. The molecule has 2 amide bonds. The van der Waals surface area contributed by atoms with Crippen LogP contribution in [0.3, 0.4) is 0 Å². The molecule has 21 heavy (non-hydrogen) atoms. The van der Waals surface area contributed by atoms with Gasteiger partial charge in [-0.2, -0.15) is 0 Å². The standard InChI is InChI=1S/C15H24N2O4/c1-3-7-20-10-12-4-5-13-15(12)21-8-6-17(13)14(19)9-16-11(2)18/h3,12-13,15H,1,4-10H2,2H3,(H,16,18)/t12-,13-,15-/m0/s1. The van der Waals surface area contributed by atoms with Crippen molar-refractivity contribution >= 4 is 11.8 Å². The summed E-state index contributed by atoms with van der Waals surface area (Å²) < 4.78 is 11.4. The summed E-state index contributed by atoms with van der Waals surface area (Å²) in [4.78, 5) is 25.0. The summed E-state index contributed by atoms with van der Waals surface area (Å²) >= 11 is 0. The molecule has 2 rings (SSSR count). The smallest absolute Gasteiger partial charge is 0.242 e. The minimum atomic E-state index is -0.185. The fourth-order valence-electron chi connectivity index (χ4n) is 3.15. The van der Waals surface area contributed by atoms with Gasteiger partial charge in [0.15, 0.2) is 0 Å². The Kier molecular flexibility index (Phi) is 5.76. The lowest BCUT2D eigenvalue weighted by Gasteiger charge is -2.39. The van der Waals surface area contributed by atoms with E-state index in [0.29, 0.717) is 32.3 Å². The van der Waals surface area contributed by atoms with E-state index in [1.807, 2.05) is 4.90 Å². The highest BCUT2D eigenvalue weighted by molar-refractivity contribution is 5.84. The molecule has 1 heterocycles. The Morgan fingerprint density at radius 1 is 1.48 bits per heavy atom. The van der Waals surface area contributed by atoms with Gasteiger partial charge in [-0.05, 0) is 12.8 Å². The minimum Gasteiger partial charge on any atom is -0.377 e. The normalized spacial score (nSPS) is 28.0. The second-order valence-electron chi connectivity index (χ2n) is 5.56. The molecule has 6 nitrogen and oxygen atoms in total. The van der Waals surface area contributed by atoms with Gasteiger partial charge in [-0.25, -0.2) is 0 Å². The molecule has 0 radical (unpaired) electrons. The maximum atomic E-state index is 12.2. The molecule has 0 bridgehead atoms. The van der Waals surface area contributed by atoms with Gasteiger partial charge in [-0.1, -0.05) is 6.08 Å². The molecule has 0 aromatic rings. The second-order valence-corrected chi connectivity index (χ2v) is 5.56. The zero-order chi connectivity index (χ0) is 15.2. The highest BCUT2D eigenvalue weighted by Gasteiger charge is 2.44. The number of nitrogens with zero attached hydrogens (tertiary/aromatic N) is 1. The minimum absolute atomic E-state index is 0.0313. The van der Waals surface area contributed by atoms with Crippen LogP contribution in [0.15, 0.2) is 12.7 Å². The first kappa shape index (κ1) is 16.0. The molecule has 3 atom stereocenters. The molecule has 2 aliphatic rings. The van der Waals surface area contributed by atoms with Gasteiger partial charge >= 0.3 is 0 Å². The lowest BCUT2D eigenvalue weighted by Crippen LogP contribution is -2.55. The Labute approximate surface area is 125 Å². The molecular weight excluding hydrogens is 272 g/mol. The van der Waals surface area contributed by atoms with E-state index in [0.717, 1.165) is 12.8 Å². The Hall–Kier alpha value is -1.40. The Bertz CT molecular complexity index is 399. The van der Waals surface area contributed by atoms with Crippen LogP contribution in [0, 0.1) is 5.92 Å². The van der Waals surface area contributed by atoms with Crippen molar-refractivity contribution in [2.24, 2.45) is 5.92 Å². The third kappa shape index (κ3) is 4.04. The highest BCUT2D eigenvalue weighted by Crippen LogP contribution is 2.34. The van der Waals surface area contributed by atoms with Crippen LogP contribution < -0.4 is 5.32 Å². The topological polar surface area (TPSA) is 67.9 Å². The van der Waals surface area contributed by atoms with E-state index in [1.165, 1.54) is 6.92 Å². The maximum absolute atomic E-state index is 12.2. The fourth-order valence-corrected chi connectivity index (χ4v) is 3.15. The zero-order valence-electron chi connectivity index (χ0n) is 12.5. The summed E-state index contributed by atoms with van der Waals surface area (Å²) in [7, 11) is 0. The Morgan fingerprint density at radius 2 is 2.29 bits per heavy atom. The average molecular weight is 296 g/mol. The van der Waals surface area contributed by atoms with Crippen LogP contribution in [0.1, 0.15) is 19.8 Å². The number of hydrogen-bond acceptors (Lipinski definition) is 4. The summed E-state index contributed by atoms with van der Waals surface area (Å²) in [6.07, 6.45) is 3.71. The van der Waals surface area contributed by atoms with Crippen molar-refractivity contribution in [3.8, 4) is 0 Å². The highest BCUT2D eigenvalue weighted by atomic mass is 16.5. The van der Waals surface area contributed by atoms with Crippen molar-refractivity contribution in [2.45, 2.75) is 31.9 Å². The fraction of sp³-hybridized carbons (Fsp3) is 0.733. The first-order valence-corrected chi connectivity index (χ1v) is 7.47. The van der Waals surface area contributed by atoms with E-state index in [4.69, 9.17) is 9.47 Å². The van der Waals surface area contributed by atoms with Crippen molar-refractivity contribution in [3.05, 3.63) is 12.7 Å². The van der Waals surface area contributed by atoms with E-state index >= 15 is 0 Å². The Balaban J connectivity index is 1.89. The van der Waals surface area contributed by atoms with Gasteiger partial charge in [-0.15, -0.1) is 6.58 Å².